The molecule has 0 spiro atoms. The van der Waals surface area contributed by atoms with E-state index >= 15 is 0 Å². The number of nitrogens with one attached hydrogen (secondary N) is 1. The maximum atomic E-state index is 9.76. The third-order valence-electron chi connectivity index (χ3n) is 5.14. The summed E-state index contributed by atoms with van der Waals surface area (Å²) in [5, 5.41) is 12.6. The molecule has 2 bridgehead atoms. The number of hydrogen-bond acceptors (Lipinski definition) is 3. The monoisotopic (exact) mass is 343 g/mol. The highest BCUT2D eigenvalue weighted by Crippen LogP contribution is 2.51. The number of fused-ring (bicyclic) bond motifs is 6. The average Bonchev–Trinajstić information content (AvgIpc) is 3.03. The Kier molecular flexibility index (Phi) is 3.36. The van der Waals surface area contributed by atoms with E-state index in [2.05, 4.69) is 70.7 Å². The molecule has 0 saturated carbocycles. The van der Waals surface area contributed by atoms with Crippen molar-refractivity contribution in [2.75, 3.05) is 0 Å². The number of rotatable bonds is 2. The molecule has 0 fully saturated rings. The van der Waals surface area contributed by atoms with E-state index in [4.69, 9.17) is 0 Å². The van der Waals surface area contributed by atoms with Crippen LogP contribution in [0.5, 0.6) is 0 Å². The van der Waals surface area contributed by atoms with Crippen molar-refractivity contribution in [1.82, 2.24) is 9.88 Å². The number of aromatic amines is 1. The molecule has 1 aromatic heterocycles. The van der Waals surface area contributed by atoms with Crippen molar-refractivity contribution in [3.05, 3.63) is 77.5 Å². The minimum atomic E-state index is 0.203. The van der Waals surface area contributed by atoms with E-state index in [0.717, 1.165) is 18.5 Å². The fraction of sp³-hybridized carbons (Fsp3) is 0.190. The molecule has 2 aliphatic rings. The van der Waals surface area contributed by atoms with Gasteiger partial charge >= 0.3 is 0 Å². The van der Waals surface area contributed by atoms with Crippen LogP contribution in [0.4, 0.5) is 0 Å². The third kappa shape index (κ3) is 2.35. The molecule has 0 saturated heterocycles. The molecule has 0 amide bonds. The number of aromatic nitrogens is 1. The fourth-order valence-electron chi connectivity index (χ4n) is 3.97. The minimum absolute atomic E-state index is 0.203. The molecule has 2 unspecified atom stereocenters. The molecule has 2 aromatic carbocycles. The third-order valence-corrected chi connectivity index (χ3v) is 6.43. The smallest absolute Gasteiger partial charge is 0.0968 e. The predicted octanol–water partition coefficient (Wildman–Crippen LogP) is 5.00. The first-order valence-electron chi connectivity index (χ1n) is 8.52. The number of para-hydroxylation sites is 1. The van der Waals surface area contributed by atoms with Gasteiger partial charge in [0.1, 0.15) is 0 Å². The molecule has 122 valence electrons. The number of benzene rings is 2. The lowest BCUT2D eigenvalue weighted by Gasteiger charge is -2.40. The van der Waals surface area contributed by atoms with Gasteiger partial charge in [0.05, 0.1) is 22.0 Å². The SMILES string of the molecule is N#CC1=CN(Cc2ccccc2)C2CC1c1c([nH]c3ccccc13)S2. The highest BCUT2D eigenvalue weighted by atomic mass is 32.2. The van der Waals surface area contributed by atoms with Gasteiger partial charge in [-0.15, -0.1) is 0 Å². The fourth-order valence-corrected chi connectivity index (χ4v) is 5.35. The van der Waals surface area contributed by atoms with Crippen molar-refractivity contribution in [1.29, 1.82) is 5.26 Å². The van der Waals surface area contributed by atoms with Gasteiger partial charge in [-0.1, -0.05) is 60.3 Å². The zero-order valence-electron chi connectivity index (χ0n) is 13.6. The lowest BCUT2D eigenvalue weighted by Crippen LogP contribution is -2.36. The standard InChI is InChI=1S/C21H17N3S/c22-11-15-13-24(12-14-6-2-1-3-7-14)19-10-17(15)20-16-8-4-5-9-18(16)23-21(20)25-19/h1-9,13,17,19,23H,10,12H2. The Morgan fingerprint density at radius 1 is 1.12 bits per heavy atom. The van der Waals surface area contributed by atoms with Crippen molar-refractivity contribution in [3.8, 4) is 6.07 Å². The minimum Gasteiger partial charge on any atom is -0.360 e. The largest absolute Gasteiger partial charge is 0.360 e. The Bertz CT molecular complexity index is 1010. The maximum Gasteiger partial charge on any atom is 0.0968 e. The van der Waals surface area contributed by atoms with Crippen molar-refractivity contribution in [3.63, 3.8) is 0 Å². The van der Waals surface area contributed by atoms with E-state index in [-0.39, 0.29) is 5.92 Å². The molecule has 4 heteroatoms. The molecule has 3 aromatic rings. The topological polar surface area (TPSA) is 42.8 Å². The maximum absolute atomic E-state index is 9.76. The summed E-state index contributed by atoms with van der Waals surface area (Å²) in [6, 6.07) is 21.4. The van der Waals surface area contributed by atoms with Gasteiger partial charge in [-0.2, -0.15) is 5.26 Å². The van der Waals surface area contributed by atoms with Crippen LogP contribution in [0.2, 0.25) is 0 Å². The lowest BCUT2D eigenvalue weighted by molar-refractivity contribution is 0.299. The molecule has 25 heavy (non-hydrogen) atoms. The van der Waals surface area contributed by atoms with Crippen LogP contribution >= 0.6 is 11.8 Å². The second kappa shape index (κ2) is 5.72. The number of hydrogen-bond donors (Lipinski definition) is 1. The van der Waals surface area contributed by atoms with Crippen molar-refractivity contribution in [2.24, 2.45) is 0 Å². The molecule has 0 radical (unpaired) electrons. The molecular formula is C21H17N3S. The molecule has 1 N–H and O–H groups in total. The predicted molar refractivity (Wildman–Crippen MR) is 101 cm³/mol. The molecule has 2 atom stereocenters. The van der Waals surface area contributed by atoms with Crippen LogP contribution < -0.4 is 0 Å². The first kappa shape index (κ1) is 14.7. The number of nitriles is 1. The summed E-state index contributed by atoms with van der Waals surface area (Å²) < 4.78 is 0. The summed E-state index contributed by atoms with van der Waals surface area (Å²) in [7, 11) is 0. The molecule has 3 nitrogen and oxygen atoms in total. The zero-order valence-corrected chi connectivity index (χ0v) is 14.5. The van der Waals surface area contributed by atoms with Crippen molar-refractivity contribution < 1.29 is 0 Å². The second-order valence-corrected chi connectivity index (χ2v) is 7.82. The van der Waals surface area contributed by atoms with E-state index in [1.807, 2.05) is 17.8 Å². The van der Waals surface area contributed by atoms with Gasteiger partial charge in [0, 0.05) is 29.6 Å². The highest BCUT2D eigenvalue weighted by molar-refractivity contribution is 7.99. The molecule has 2 aliphatic heterocycles. The normalized spacial score (nSPS) is 21.6. The summed E-state index contributed by atoms with van der Waals surface area (Å²) in [5.41, 5.74) is 4.62. The summed E-state index contributed by atoms with van der Waals surface area (Å²) in [4.78, 5) is 5.90. The van der Waals surface area contributed by atoms with E-state index in [1.165, 1.54) is 27.1 Å². The molecule has 3 heterocycles. The summed E-state index contributed by atoms with van der Waals surface area (Å²) in [6.07, 6.45) is 3.08. The Hall–Kier alpha value is -2.64. The Balaban J connectivity index is 1.58. The van der Waals surface area contributed by atoms with Crippen LogP contribution in [0.3, 0.4) is 0 Å². The number of nitrogens with zero attached hydrogens (tertiary/aromatic N) is 2. The zero-order chi connectivity index (χ0) is 16.8. The molecular weight excluding hydrogens is 326 g/mol. The van der Waals surface area contributed by atoms with Gasteiger partial charge < -0.3 is 9.88 Å². The number of H-pyrrole nitrogens is 1. The average molecular weight is 343 g/mol. The first-order valence-corrected chi connectivity index (χ1v) is 9.40. The van der Waals surface area contributed by atoms with Gasteiger partial charge in [0.2, 0.25) is 0 Å². The van der Waals surface area contributed by atoms with Crippen LogP contribution in [-0.2, 0) is 6.54 Å². The Morgan fingerprint density at radius 2 is 1.92 bits per heavy atom. The van der Waals surface area contributed by atoms with E-state index in [1.54, 1.807) is 0 Å². The van der Waals surface area contributed by atoms with Crippen LogP contribution in [0.1, 0.15) is 23.5 Å². The lowest BCUT2D eigenvalue weighted by atomic mass is 9.86. The van der Waals surface area contributed by atoms with Gasteiger partial charge in [0.15, 0.2) is 0 Å². The Labute approximate surface area is 151 Å². The van der Waals surface area contributed by atoms with Crippen molar-refractivity contribution in [2.45, 2.75) is 29.3 Å². The van der Waals surface area contributed by atoms with E-state index in [9.17, 15) is 5.26 Å². The van der Waals surface area contributed by atoms with E-state index < -0.39 is 0 Å². The van der Waals surface area contributed by atoms with Crippen LogP contribution in [-0.4, -0.2) is 15.3 Å². The molecule has 0 aliphatic carbocycles. The number of allylic oxidation sites excluding steroid dienone is 1. The molecule has 5 rings (SSSR count). The van der Waals surface area contributed by atoms with Crippen LogP contribution in [0.15, 0.2) is 71.4 Å². The van der Waals surface area contributed by atoms with Crippen LogP contribution in [0.25, 0.3) is 10.9 Å². The Morgan fingerprint density at radius 3 is 2.76 bits per heavy atom. The van der Waals surface area contributed by atoms with E-state index in [0.29, 0.717) is 5.37 Å². The number of thioether (sulfide) groups is 1. The highest BCUT2D eigenvalue weighted by Gasteiger charge is 2.38. The van der Waals surface area contributed by atoms with Crippen LogP contribution in [0, 0.1) is 11.3 Å². The van der Waals surface area contributed by atoms with Gasteiger partial charge in [-0.3, -0.25) is 0 Å². The van der Waals surface area contributed by atoms with Crippen molar-refractivity contribution >= 4 is 22.7 Å². The first-order chi connectivity index (χ1) is 12.3. The quantitative estimate of drug-likeness (QED) is 0.712. The van der Waals surface area contributed by atoms with Gasteiger partial charge in [0.25, 0.3) is 0 Å². The summed E-state index contributed by atoms with van der Waals surface area (Å²) in [5.74, 6) is 0.203. The van der Waals surface area contributed by atoms with Gasteiger partial charge in [-0.05, 0) is 23.6 Å². The second-order valence-electron chi connectivity index (χ2n) is 6.63. The summed E-state index contributed by atoms with van der Waals surface area (Å²) >= 11 is 1.89. The summed E-state index contributed by atoms with van der Waals surface area (Å²) in [6.45, 7) is 0.839. The van der Waals surface area contributed by atoms with Gasteiger partial charge in [-0.25, -0.2) is 0 Å².